The Morgan fingerprint density at radius 1 is 1.16 bits per heavy atom. The number of unbranched alkanes of at least 4 members (excludes halogenated alkanes) is 1. The molecule has 6 nitrogen and oxygen atoms in total. The van der Waals surface area contributed by atoms with Crippen LogP contribution in [-0.2, 0) is 11.3 Å². The first-order chi connectivity index (χ1) is 15.1. The number of hydrogen-bond acceptors (Lipinski definition) is 6. The highest BCUT2D eigenvalue weighted by Crippen LogP contribution is 2.32. The van der Waals surface area contributed by atoms with Gasteiger partial charge >= 0.3 is 0 Å². The van der Waals surface area contributed by atoms with Gasteiger partial charge in [0.25, 0.3) is 0 Å². The fraction of sp³-hybridized carbons (Fsp3) is 0.375. The molecular weight excluding hydrogens is 410 g/mol. The van der Waals surface area contributed by atoms with Crippen molar-refractivity contribution < 1.29 is 14.3 Å². The van der Waals surface area contributed by atoms with Crippen LogP contribution in [0.3, 0.4) is 0 Å². The van der Waals surface area contributed by atoms with Crippen LogP contribution < -0.4 is 9.47 Å². The molecule has 0 saturated carbocycles. The molecule has 0 aromatic heterocycles. The quantitative estimate of drug-likeness (QED) is 0.406. The van der Waals surface area contributed by atoms with Crippen LogP contribution in [0.1, 0.15) is 42.9 Å². The van der Waals surface area contributed by atoms with E-state index in [-0.39, 0.29) is 11.2 Å². The molecule has 1 atom stereocenters. The molecule has 0 aliphatic carbocycles. The molecule has 2 aromatic rings. The van der Waals surface area contributed by atoms with E-state index in [1.165, 1.54) is 11.8 Å². The van der Waals surface area contributed by atoms with Crippen molar-refractivity contribution in [2.75, 3.05) is 14.2 Å². The summed E-state index contributed by atoms with van der Waals surface area (Å²) < 4.78 is 10.6. The number of aryl methyl sites for hydroxylation is 1. The predicted octanol–water partition coefficient (Wildman–Crippen LogP) is 5.04. The zero-order chi connectivity index (χ0) is 22.2. The number of amides is 1. The highest BCUT2D eigenvalue weighted by Gasteiger charge is 2.37. The first kappa shape index (κ1) is 22.9. The van der Waals surface area contributed by atoms with E-state index in [0.717, 1.165) is 36.0 Å². The number of amidine groups is 1. The van der Waals surface area contributed by atoms with E-state index in [2.05, 4.69) is 36.2 Å². The van der Waals surface area contributed by atoms with Gasteiger partial charge in [0, 0.05) is 11.6 Å². The molecule has 1 aliphatic rings. The minimum atomic E-state index is -0.103. The second-order valence-electron chi connectivity index (χ2n) is 7.33. The number of nitrogens with zero attached hydrogens (tertiary/aromatic N) is 3. The largest absolute Gasteiger partial charge is 0.497 e. The molecular formula is C24H29N3O3S. The number of benzene rings is 2. The summed E-state index contributed by atoms with van der Waals surface area (Å²) in [5, 5.41) is 9.23. The SMILES string of the molecule is CCCCC1S/C(=N\N=C\c2ccc(OC)cc2OC)N(Cc2ccccc2C)C1=O. The topological polar surface area (TPSA) is 63.5 Å². The van der Waals surface area contributed by atoms with E-state index in [4.69, 9.17) is 9.47 Å². The third-order valence-corrected chi connectivity index (χ3v) is 6.45. The van der Waals surface area contributed by atoms with Gasteiger partial charge in [0.15, 0.2) is 5.17 Å². The maximum Gasteiger partial charge on any atom is 0.242 e. The average molecular weight is 440 g/mol. The van der Waals surface area contributed by atoms with Crippen molar-refractivity contribution in [3.05, 3.63) is 59.2 Å². The molecule has 164 valence electrons. The van der Waals surface area contributed by atoms with E-state index >= 15 is 0 Å². The van der Waals surface area contributed by atoms with Crippen molar-refractivity contribution in [3.63, 3.8) is 0 Å². The lowest BCUT2D eigenvalue weighted by atomic mass is 10.1. The van der Waals surface area contributed by atoms with Gasteiger partial charge in [-0.05, 0) is 36.6 Å². The molecule has 1 unspecified atom stereocenters. The summed E-state index contributed by atoms with van der Waals surface area (Å²) in [7, 11) is 3.21. The van der Waals surface area contributed by atoms with Crippen LogP contribution in [0.5, 0.6) is 11.5 Å². The molecule has 1 aliphatic heterocycles. The van der Waals surface area contributed by atoms with Crippen molar-refractivity contribution in [2.45, 2.75) is 44.9 Å². The number of rotatable bonds is 9. The van der Waals surface area contributed by atoms with Crippen LogP contribution in [-0.4, -0.2) is 41.7 Å². The van der Waals surface area contributed by atoms with Crippen LogP contribution >= 0.6 is 11.8 Å². The standard InChI is InChI=1S/C24H29N3O3S/c1-5-6-11-22-23(28)27(16-19-10-8-7-9-17(19)2)24(31-22)26-25-15-18-12-13-20(29-3)14-21(18)30-4/h7-10,12-15,22H,5-6,11,16H2,1-4H3/b25-15+,26-24-. The Kier molecular flexibility index (Phi) is 8.12. The lowest BCUT2D eigenvalue weighted by Crippen LogP contribution is -2.31. The molecule has 2 aromatic carbocycles. The zero-order valence-electron chi connectivity index (χ0n) is 18.5. The van der Waals surface area contributed by atoms with Gasteiger partial charge in [-0.25, -0.2) is 0 Å². The maximum atomic E-state index is 13.1. The van der Waals surface area contributed by atoms with Gasteiger partial charge in [-0.2, -0.15) is 5.10 Å². The number of methoxy groups -OCH3 is 2. The van der Waals surface area contributed by atoms with Crippen molar-refractivity contribution >= 4 is 29.1 Å². The predicted molar refractivity (Wildman–Crippen MR) is 127 cm³/mol. The molecule has 7 heteroatoms. The van der Waals surface area contributed by atoms with E-state index in [1.807, 2.05) is 24.3 Å². The molecule has 1 fully saturated rings. The van der Waals surface area contributed by atoms with Gasteiger partial charge in [-0.15, -0.1) is 5.10 Å². The summed E-state index contributed by atoms with van der Waals surface area (Å²) in [6.45, 7) is 4.70. The first-order valence-corrected chi connectivity index (χ1v) is 11.3. The second kappa shape index (κ2) is 11.0. The third-order valence-electron chi connectivity index (χ3n) is 5.21. The van der Waals surface area contributed by atoms with Crippen molar-refractivity contribution in [3.8, 4) is 11.5 Å². The summed E-state index contributed by atoms with van der Waals surface area (Å²) >= 11 is 1.50. The van der Waals surface area contributed by atoms with Crippen LogP contribution in [0.25, 0.3) is 0 Å². The third kappa shape index (κ3) is 5.67. The lowest BCUT2D eigenvalue weighted by Gasteiger charge is -2.17. The monoisotopic (exact) mass is 439 g/mol. The number of ether oxygens (including phenoxy) is 2. The highest BCUT2D eigenvalue weighted by molar-refractivity contribution is 8.15. The van der Waals surface area contributed by atoms with E-state index in [1.54, 1.807) is 31.4 Å². The molecule has 0 bridgehead atoms. The fourth-order valence-electron chi connectivity index (χ4n) is 3.33. The Labute approximate surface area is 188 Å². The Morgan fingerprint density at radius 2 is 1.97 bits per heavy atom. The van der Waals surface area contributed by atoms with Gasteiger partial charge in [0.1, 0.15) is 11.5 Å². The van der Waals surface area contributed by atoms with E-state index in [0.29, 0.717) is 23.2 Å². The molecule has 0 spiro atoms. The van der Waals surface area contributed by atoms with Gasteiger partial charge in [-0.1, -0.05) is 55.8 Å². The molecule has 3 rings (SSSR count). The van der Waals surface area contributed by atoms with Gasteiger partial charge < -0.3 is 9.47 Å². The fourth-order valence-corrected chi connectivity index (χ4v) is 4.47. The molecule has 1 amide bonds. The summed E-state index contributed by atoms with van der Waals surface area (Å²) in [4.78, 5) is 14.8. The van der Waals surface area contributed by atoms with Gasteiger partial charge in [-0.3, -0.25) is 9.69 Å². The summed E-state index contributed by atoms with van der Waals surface area (Å²) in [5.41, 5.74) is 3.05. The molecule has 1 heterocycles. The van der Waals surface area contributed by atoms with Crippen molar-refractivity contribution in [1.29, 1.82) is 0 Å². The first-order valence-electron chi connectivity index (χ1n) is 10.4. The minimum absolute atomic E-state index is 0.103. The van der Waals surface area contributed by atoms with Gasteiger partial charge in [0.2, 0.25) is 5.91 Å². The van der Waals surface area contributed by atoms with Crippen LogP contribution in [0, 0.1) is 6.92 Å². The zero-order valence-corrected chi connectivity index (χ0v) is 19.3. The lowest BCUT2D eigenvalue weighted by molar-refractivity contribution is -0.126. The number of carbonyl (C=O) groups excluding carboxylic acids is 1. The number of thioether (sulfide) groups is 1. The molecule has 1 saturated heterocycles. The normalized spacial score (nSPS) is 17.7. The smallest absolute Gasteiger partial charge is 0.242 e. The Morgan fingerprint density at radius 3 is 2.68 bits per heavy atom. The number of carbonyl (C=O) groups is 1. The second-order valence-corrected chi connectivity index (χ2v) is 8.50. The highest BCUT2D eigenvalue weighted by atomic mass is 32.2. The average Bonchev–Trinajstić information content (AvgIpc) is 3.08. The van der Waals surface area contributed by atoms with Crippen molar-refractivity contribution in [1.82, 2.24) is 4.90 Å². The molecule has 31 heavy (non-hydrogen) atoms. The molecule has 0 N–H and O–H groups in total. The van der Waals surface area contributed by atoms with Crippen LogP contribution in [0.4, 0.5) is 0 Å². The van der Waals surface area contributed by atoms with Crippen molar-refractivity contribution in [2.24, 2.45) is 10.2 Å². The Balaban J connectivity index is 1.84. The van der Waals surface area contributed by atoms with Crippen LogP contribution in [0.2, 0.25) is 0 Å². The summed E-state index contributed by atoms with van der Waals surface area (Å²) in [6, 6.07) is 13.6. The van der Waals surface area contributed by atoms with E-state index in [9.17, 15) is 4.79 Å². The van der Waals surface area contributed by atoms with Crippen LogP contribution in [0.15, 0.2) is 52.7 Å². The summed E-state index contributed by atoms with van der Waals surface area (Å²) in [5.74, 6) is 1.47. The minimum Gasteiger partial charge on any atom is -0.497 e. The Bertz CT molecular complexity index is 974. The summed E-state index contributed by atoms with van der Waals surface area (Å²) in [6.07, 6.45) is 4.56. The van der Waals surface area contributed by atoms with Gasteiger partial charge in [0.05, 0.1) is 32.2 Å². The number of hydrogen-bond donors (Lipinski definition) is 0. The maximum absolute atomic E-state index is 13.1. The Hall–Kier alpha value is -2.80. The molecule has 0 radical (unpaired) electrons. The van der Waals surface area contributed by atoms with E-state index < -0.39 is 0 Å².